The number of aliphatic carboxylic acids is 1. The summed E-state index contributed by atoms with van der Waals surface area (Å²) in [5, 5.41) is 8.83. The summed E-state index contributed by atoms with van der Waals surface area (Å²) in [6.07, 6.45) is -0.188. The second kappa shape index (κ2) is 7.56. The molecule has 21 heavy (non-hydrogen) atoms. The van der Waals surface area contributed by atoms with Gasteiger partial charge >= 0.3 is 5.97 Å². The Balaban J connectivity index is 2.85. The molecule has 1 N–H and O–H groups in total. The van der Waals surface area contributed by atoms with Gasteiger partial charge in [-0.3, -0.25) is 4.79 Å². The third-order valence-electron chi connectivity index (χ3n) is 3.46. The third-order valence-corrected chi connectivity index (χ3v) is 5.71. The van der Waals surface area contributed by atoms with E-state index in [9.17, 15) is 13.2 Å². The number of benzene rings is 1. The summed E-state index contributed by atoms with van der Waals surface area (Å²) < 4.78 is 26.3. The Kier molecular flexibility index (Phi) is 6.36. The second-order valence-corrected chi connectivity index (χ2v) is 7.21. The molecule has 0 aromatic heterocycles. The van der Waals surface area contributed by atoms with Gasteiger partial charge in [-0.25, -0.2) is 8.42 Å². The van der Waals surface area contributed by atoms with Crippen LogP contribution in [0.2, 0.25) is 0 Å². The van der Waals surface area contributed by atoms with Gasteiger partial charge in [0.25, 0.3) is 0 Å². The molecule has 2 unspecified atom stereocenters. The maximum Gasteiger partial charge on any atom is 0.304 e. The standard InChI is InChI=1S/C15H23NO4S/c1-4-16(13(3)10-15(17)18)21(19,20)11-12(2)14-8-6-5-7-9-14/h5-9,12-13H,4,10-11H2,1-3H3,(H,17,18). The van der Waals surface area contributed by atoms with Crippen LogP contribution >= 0.6 is 0 Å². The zero-order valence-corrected chi connectivity index (χ0v) is 13.5. The zero-order chi connectivity index (χ0) is 16.0. The molecule has 1 aromatic carbocycles. The van der Waals surface area contributed by atoms with Crippen LogP contribution in [0.25, 0.3) is 0 Å². The molecule has 0 amide bonds. The Morgan fingerprint density at radius 2 is 1.81 bits per heavy atom. The van der Waals surface area contributed by atoms with Crippen LogP contribution in [0.1, 0.15) is 38.7 Å². The fourth-order valence-corrected chi connectivity index (χ4v) is 4.46. The van der Waals surface area contributed by atoms with E-state index in [0.29, 0.717) is 0 Å². The van der Waals surface area contributed by atoms with E-state index in [4.69, 9.17) is 5.11 Å². The summed E-state index contributed by atoms with van der Waals surface area (Å²) in [4.78, 5) is 10.8. The van der Waals surface area contributed by atoms with Crippen molar-refractivity contribution in [1.29, 1.82) is 0 Å². The van der Waals surface area contributed by atoms with Crippen LogP contribution in [0.5, 0.6) is 0 Å². The molecule has 0 aliphatic carbocycles. The fourth-order valence-electron chi connectivity index (χ4n) is 2.43. The number of rotatable bonds is 8. The van der Waals surface area contributed by atoms with E-state index in [1.54, 1.807) is 13.8 Å². The quantitative estimate of drug-likeness (QED) is 0.799. The highest BCUT2D eigenvalue weighted by Gasteiger charge is 2.29. The molecule has 5 nitrogen and oxygen atoms in total. The normalized spacial score (nSPS) is 14.9. The third kappa shape index (κ3) is 5.13. The van der Waals surface area contributed by atoms with Crippen LogP contribution in [0.4, 0.5) is 0 Å². The van der Waals surface area contributed by atoms with E-state index < -0.39 is 22.0 Å². The summed E-state index contributed by atoms with van der Waals surface area (Å²) in [5.74, 6) is -1.15. The number of sulfonamides is 1. The summed E-state index contributed by atoms with van der Waals surface area (Å²) in [6, 6.07) is 8.90. The van der Waals surface area contributed by atoms with Gasteiger partial charge in [0.15, 0.2) is 0 Å². The number of hydrogen-bond acceptors (Lipinski definition) is 3. The lowest BCUT2D eigenvalue weighted by atomic mass is 10.0. The van der Waals surface area contributed by atoms with Gasteiger partial charge in [-0.15, -0.1) is 0 Å². The smallest absolute Gasteiger partial charge is 0.304 e. The molecule has 0 aliphatic heterocycles. The van der Waals surface area contributed by atoms with E-state index in [-0.39, 0.29) is 24.6 Å². The van der Waals surface area contributed by atoms with Crippen LogP contribution < -0.4 is 0 Å². The molecule has 1 rings (SSSR count). The first-order chi connectivity index (χ1) is 9.77. The Hall–Kier alpha value is -1.40. The number of nitrogens with zero attached hydrogens (tertiary/aromatic N) is 1. The molecule has 0 fully saturated rings. The Labute approximate surface area is 126 Å². The molecule has 0 saturated heterocycles. The highest BCUT2D eigenvalue weighted by Crippen LogP contribution is 2.20. The average molecular weight is 313 g/mol. The van der Waals surface area contributed by atoms with Crippen molar-refractivity contribution in [1.82, 2.24) is 4.31 Å². The maximum absolute atomic E-state index is 12.5. The van der Waals surface area contributed by atoms with Crippen LogP contribution in [-0.4, -0.2) is 42.1 Å². The maximum atomic E-state index is 12.5. The van der Waals surface area contributed by atoms with Gasteiger partial charge in [-0.2, -0.15) is 4.31 Å². The van der Waals surface area contributed by atoms with Crippen LogP contribution in [0.3, 0.4) is 0 Å². The molecule has 0 heterocycles. The Morgan fingerprint density at radius 1 is 1.24 bits per heavy atom. The van der Waals surface area contributed by atoms with Crippen molar-refractivity contribution >= 4 is 16.0 Å². The lowest BCUT2D eigenvalue weighted by Crippen LogP contribution is -2.41. The lowest BCUT2D eigenvalue weighted by molar-refractivity contribution is -0.137. The Morgan fingerprint density at radius 3 is 2.29 bits per heavy atom. The van der Waals surface area contributed by atoms with Gasteiger partial charge in [0.2, 0.25) is 10.0 Å². The molecule has 0 bridgehead atoms. The second-order valence-electron chi connectivity index (χ2n) is 5.24. The van der Waals surface area contributed by atoms with Crippen molar-refractivity contribution < 1.29 is 18.3 Å². The minimum atomic E-state index is -3.49. The lowest BCUT2D eigenvalue weighted by Gasteiger charge is -2.27. The van der Waals surface area contributed by atoms with Gasteiger partial charge < -0.3 is 5.11 Å². The highest BCUT2D eigenvalue weighted by molar-refractivity contribution is 7.89. The van der Waals surface area contributed by atoms with E-state index in [1.807, 2.05) is 37.3 Å². The highest BCUT2D eigenvalue weighted by atomic mass is 32.2. The SMILES string of the molecule is CCN(C(C)CC(=O)O)S(=O)(=O)CC(C)c1ccccc1. The summed E-state index contributed by atoms with van der Waals surface area (Å²) in [5.41, 5.74) is 0.961. The molecule has 118 valence electrons. The van der Waals surface area contributed by atoms with Crippen molar-refractivity contribution in [2.75, 3.05) is 12.3 Å². The van der Waals surface area contributed by atoms with Crippen molar-refractivity contribution in [3.05, 3.63) is 35.9 Å². The molecule has 0 radical (unpaired) electrons. The van der Waals surface area contributed by atoms with Gasteiger partial charge in [-0.1, -0.05) is 44.2 Å². The van der Waals surface area contributed by atoms with E-state index >= 15 is 0 Å². The first-order valence-corrected chi connectivity index (χ1v) is 8.65. The van der Waals surface area contributed by atoms with Crippen LogP contribution in [-0.2, 0) is 14.8 Å². The molecule has 2 atom stereocenters. The predicted molar refractivity (Wildman–Crippen MR) is 82.7 cm³/mol. The molecule has 0 spiro atoms. The monoisotopic (exact) mass is 313 g/mol. The average Bonchev–Trinajstić information content (AvgIpc) is 2.38. The van der Waals surface area contributed by atoms with Crippen molar-refractivity contribution in [2.45, 2.75) is 39.2 Å². The van der Waals surface area contributed by atoms with Crippen LogP contribution in [0, 0.1) is 0 Å². The van der Waals surface area contributed by atoms with Gasteiger partial charge in [0, 0.05) is 12.6 Å². The van der Waals surface area contributed by atoms with Crippen molar-refractivity contribution in [3.8, 4) is 0 Å². The summed E-state index contributed by atoms with van der Waals surface area (Å²) in [6.45, 7) is 5.49. The number of carbonyl (C=O) groups is 1. The van der Waals surface area contributed by atoms with Gasteiger partial charge in [0.05, 0.1) is 12.2 Å². The van der Waals surface area contributed by atoms with E-state index in [1.165, 1.54) is 4.31 Å². The molecular weight excluding hydrogens is 290 g/mol. The van der Waals surface area contributed by atoms with Crippen LogP contribution in [0.15, 0.2) is 30.3 Å². The largest absolute Gasteiger partial charge is 0.481 e. The molecule has 0 aliphatic rings. The molecular formula is C15H23NO4S. The van der Waals surface area contributed by atoms with E-state index in [2.05, 4.69) is 0 Å². The molecule has 1 aromatic rings. The number of carboxylic acids is 1. The Bertz CT molecular complexity index is 556. The van der Waals surface area contributed by atoms with Gasteiger partial charge in [-0.05, 0) is 18.4 Å². The topological polar surface area (TPSA) is 74.7 Å². The minimum absolute atomic E-state index is 0.0190. The van der Waals surface area contributed by atoms with Crippen molar-refractivity contribution in [3.63, 3.8) is 0 Å². The predicted octanol–water partition coefficient (Wildman–Crippen LogP) is 2.30. The summed E-state index contributed by atoms with van der Waals surface area (Å²) in [7, 11) is -3.49. The minimum Gasteiger partial charge on any atom is -0.481 e. The molecule has 6 heteroatoms. The zero-order valence-electron chi connectivity index (χ0n) is 12.7. The molecule has 0 saturated carbocycles. The number of hydrogen-bond donors (Lipinski definition) is 1. The first kappa shape index (κ1) is 17.7. The first-order valence-electron chi connectivity index (χ1n) is 7.04. The number of carboxylic acid groups (broad SMARTS) is 1. The van der Waals surface area contributed by atoms with Gasteiger partial charge in [0.1, 0.15) is 0 Å². The summed E-state index contributed by atoms with van der Waals surface area (Å²) >= 11 is 0. The fraction of sp³-hybridized carbons (Fsp3) is 0.533. The van der Waals surface area contributed by atoms with Crippen molar-refractivity contribution in [2.24, 2.45) is 0 Å². The van der Waals surface area contributed by atoms with E-state index in [0.717, 1.165) is 5.56 Å².